The monoisotopic (exact) mass is 410 g/mol. The third kappa shape index (κ3) is 7.90. The van der Waals surface area contributed by atoms with Gasteiger partial charge in [-0.3, -0.25) is 9.59 Å². The van der Waals surface area contributed by atoms with E-state index in [9.17, 15) is 9.59 Å². The van der Waals surface area contributed by atoms with Crippen molar-refractivity contribution in [3.05, 3.63) is 64.7 Å². The molecule has 5 nitrogen and oxygen atoms in total. The van der Waals surface area contributed by atoms with Crippen molar-refractivity contribution in [3.63, 3.8) is 0 Å². The number of carbonyl (C=O) groups excluding carboxylic acids is 2. The van der Waals surface area contributed by atoms with Gasteiger partial charge in [0, 0.05) is 19.5 Å². The number of aryl methyl sites for hydroxylation is 3. The number of benzene rings is 2. The van der Waals surface area contributed by atoms with Crippen LogP contribution in [0.1, 0.15) is 49.4 Å². The molecule has 0 fully saturated rings. The first-order chi connectivity index (χ1) is 14.1. The molecule has 0 atom stereocenters. The normalized spacial score (nSPS) is 11.1. The molecule has 2 aromatic carbocycles. The summed E-state index contributed by atoms with van der Waals surface area (Å²) in [5.74, 6) is 0.507. The van der Waals surface area contributed by atoms with Crippen LogP contribution in [0.4, 0.5) is 0 Å². The number of amides is 2. The Morgan fingerprint density at radius 3 is 2.10 bits per heavy atom. The van der Waals surface area contributed by atoms with E-state index in [2.05, 4.69) is 37.5 Å². The summed E-state index contributed by atoms with van der Waals surface area (Å²) in [6, 6.07) is 14.2. The summed E-state index contributed by atoms with van der Waals surface area (Å²) < 4.78 is 5.76. The minimum atomic E-state index is -0.204. The second-order valence-corrected chi connectivity index (χ2v) is 8.72. The highest BCUT2D eigenvalue weighted by molar-refractivity contribution is 5.78. The molecule has 0 aromatic heterocycles. The van der Waals surface area contributed by atoms with Crippen LogP contribution in [0.15, 0.2) is 42.5 Å². The average molecular weight is 411 g/mol. The van der Waals surface area contributed by atoms with Crippen LogP contribution in [-0.4, -0.2) is 31.5 Å². The Labute approximate surface area is 180 Å². The summed E-state index contributed by atoms with van der Waals surface area (Å²) in [6.45, 7) is 11.2. The van der Waals surface area contributed by atoms with Crippen LogP contribution in [0.2, 0.25) is 0 Å². The Morgan fingerprint density at radius 2 is 1.47 bits per heavy atom. The fraction of sp³-hybridized carbons (Fsp3) is 0.440. The lowest BCUT2D eigenvalue weighted by atomic mass is 9.85. The van der Waals surface area contributed by atoms with Gasteiger partial charge in [-0.1, -0.05) is 68.3 Å². The lowest BCUT2D eigenvalue weighted by molar-refractivity contribution is -0.124. The first-order valence-corrected chi connectivity index (χ1v) is 10.5. The van der Waals surface area contributed by atoms with Crippen molar-refractivity contribution >= 4 is 11.8 Å². The maximum Gasteiger partial charge on any atom is 0.258 e. The molecule has 0 saturated heterocycles. The molecule has 5 heteroatoms. The number of nitrogens with one attached hydrogen (secondary N) is 2. The van der Waals surface area contributed by atoms with E-state index in [1.807, 2.05) is 50.2 Å². The van der Waals surface area contributed by atoms with Gasteiger partial charge < -0.3 is 15.4 Å². The van der Waals surface area contributed by atoms with Crippen LogP contribution < -0.4 is 15.4 Å². The van der Waals surface area contributed by atoms with E-state index in [1.54, 1.807) is 0 Å². The smallest absolute Gasteiger partial charge is 0.258 e. The quantitative estimate of drug-likeness (QED) is 0.617. The topological polar surface area (TPSA) is 67.4 Å². The maximum atomic E-state index is 12.1. The molecule has 2 aromatic rings. The van der Waals surface area contributed by atoms with Crippen molar-refractivity contribution in [1.29, 1.82) is 0 Å². The van der Waals surface area contributed by atoms with Crippen molar-refractivity contribution in [2.24, 2.45) is 0 Å². The molecule has 0 aliphatic heterocycles. The zero-order valence-corrected chi connectivity index (χ0v) is 18.8. The summed E-state index contributed by atoms with van der Waals surface area (Å²) in [5, 5.41) is 5.61. The van der Waals surface area contributed by atoms with E-state index in [1.165, 1.54) is 5.56 Å². The van der Waals surface area contributed by atoms with Crippen LogP contribution in [0.25, 0.3) is 0 Å². The Hall–Kier alpha value is -2.82. The van der Waals surface area contributed by atoms with Gasteiger partial charge in [-0.25, -0.2) is 0 Å². The number of carbonyl (C=O) groups is 2. The molecule has 0 spiro atoms. The zero-order valence-electron chi connectivity index (χ0n) is 18.8. The van der Waals surface area contributed by atoms with Crippen LogP contribution in [0, 0.1) is 13.8 Å². The second-order valence-electron chi connectivity index (χ2n) is 8.72. The second kappa shape index (κ2) is 10.8. The van der Waals surface area contributed by atoms with Gasteiger partial charge in [0.25, 0.3) is 5.91 Å². The van der Waals surface area contributed by atoms with Crippen LogP contribution in [-0.2, 0) is 21.4 Å². The first-order valence-electron chi connectivity index (χ1n) is 10.5. The molecule has 30 heavy (non-hydrogen) atoms. The van der Waals surface area contributed by atoms with Crippen molar-refractivity contribution in [2.45, 2.75) is 52.9 Å². The molecule has 0 unspecified atom stereocenters. The van der Waals surface area contributed by atoms with Crippen molar-refractivity contribution in [2.75, 3.05) is 19.7 Å². The van der Waals surface area contributed by atoms with Crippen molar-refractivity contribution in [3.8, 4) is 5.75 Å². The minimum Gasteiger partial charge on any atom is -0.483 e. The molecular weight excluding hydrogens is 376 g/mol. The van der Waals surface area contributed by atoms with E-state index in [0.717, 1.165) is 22.4 Å². The summed E-state index contributed by atoms with van der Waals surface area (Å²) in [6.07, 6.45) is 1.14. The predicted molar refractivity (Wildman–Crippen MR) is 121 cm³/mol. The minimum absolute atomic E-state index is 0.0180. The fourth-order valence-electron chi connectivity index (χ4n) is 3.05. The van der Waals surface area contributed by atoms with E-state index in [4.69, 9.17) is 4.74 Å². The molecule has 2 amide bonds. The van der Waals surface area contributed by atoms with Crippen LogP contribution in [0.5, 0.6) is 5.75 Å². The van der Waals surface area contributed by atoms with Gasteiger partial charge in [0.05, 0.1) is 0 Å². The number of hydrogen-bond donors (Lipinski definition) is 2. The van der Waals surface area contributed by atoms with E-state index < -0.39 is 0 Å². The van der Waals surface area contributed by atoms with E-state index >= 15 is 0 Å². The highest BCUT2D eigenvalue weighted by Gasteiger charge is 2.19. The lowest BCUT2D eigenvalue weighted by Gasteiger charge is -2.23. The maximum absolute atomic E-state index is 12.1. The molecule has 0 saturated carbocycles. The zero-order chi connectivity index (χ0) is 22.1. The number of rotatable bonds is 9. The van der Waals surface area contributed by atoms with Gasteiger partial charge in [-0.2, -0.15) is 0 Å². The first kappa shape index (κ1) is 23.5. The van der Waals surface area contributed by atoms with Gasteiger partial charge in [-0.05, 0) is 42.9 Å². The number of ether oxygens (including phenoxy) is 1. The predicted octanol–water partition coefficient (Wildman–Crippen LogP) is 3.84. The fourth-order valence-corrected chi connectivity index (χ4v) is 3.05. The Morgan fingerprint density at radius 1 is 0.867 bits per heavy atom. The third-order valence-electron chi connectivity index (χ3n) is 4.83. The van der Waals surface area contributed by atoms with Gasteiger partial charge in [0.15, 0.2) is 6.61 Å². The average Bonchev–Trinajstić information content (AvgIpc) is 2.69. The van der Waals surface area contributed by atoms with E-state index in [-0.39, 0.29) is 23.8 Å². The van der Waals surface area contributed by atoms with Crippen molar-refractivity contribution in [1.82, 2.24) is 10.6 Å². The molecule has 0 bridgehead atoms. The van der Waals surface area contributed by atoms with Crippen molar-refractivity contribution < 1.29 is 14.3 Å². The van der Waals surface area contributed by atoms with Crippen LogP contribution >= 0.6 is 0 Å². The Kier molecular flexibility index (Phi) is 8.46. The molecular formula is C25H34N2O3. The largest absolute Gasteiger partial charge is 0.483 e. The SMILES string of the molecule is Cc1ccc(CCC(=O)NCCNC(=O)COc2ccc(C)cc2C(C)(C)C)cc1. The van der Waals surface area contributed by atoms with Gasteiger partial charge >= 0.3 is 0 Å². The highest BCUT2D eigenvalue weighted by atomic mass is 16.5. The van der Waals surface area contributed by atoms with Gasteiger partial charge in [-0.15, -0.1) is 0 Å². The molecule has 2 N–H and O–H groups in total. The molecule has 162 valence electrons. The molecule has 0 heterocycles. The molecule has 0 radical (unpaired) electrons. The van der Waals surface area contributed by atoms with Crippen LogP contribution in [0.3, 0.4) is 0 Å². The Bertz CT molecular complexity index is 852. The lowest BCUT2D eigenvalue weighted by Crippen LogP contribution is -2.37. The summed E-state index contributed by atoms with van der Waals surface area (Å²) >= 11 is 0. The number of hydrogen-bond acceptors (Lipinski definition) is 3. The summed E-state index contributed by atoms with van der Waals surface area (Å²) in [5.41, 5.74) is 4.53. The van der Waals surface area contributed by atoms with Gasteiger partial charge in [0.2, 0.25) is 5.91 Å². The molecule has 0 aliphatic rings. The Balaban J connectivity index is 1.67. The summed E-state index contributed by atoms with van der Waals surface area (Å²) in [4.78, 5) is 24.0. The highest BCUT2D eigenvalue weighted by Crippen LogP contribution is 2.32. The molecule has 0 aliphatic carbocycles. The standard InChI is InChI=1S/C25H34N2O3/c1-18-6-9-20(10-7-18)11-13-23(28)26-14-15-27-24(29)17-30-22-12-8-19(2)16-21(22)25(3,4)5/h6-10,12,16H,11,13-15,17H2,1-5H3,(H,26,28)(H,27,29). The molecule has 2 rings (SSSR count). The third-order valence-corrected chi connectivity index (χ3v) is 4.83. The van der Waals surface area contributed by atoms with Gasteiger partial charge in [0.1, 0.15) is 5.75 Å². The van der Waals surface area contributed by atoms with E-state index in [0.29, 0.717) is 25.9 Å². The summed E-state index contributed by atoms with van der Waals surface area (Å²) in [7, 11) is 0.